The van der Waals surface area contributed by atoms with Crippen LogP contribution in [0.2, 0.25) is 0 Å². The van der Waals surface area contributed by atoms with E-state index in [-0.39, 0.29) is 5.88 Å². The summed E-state index contributed by atoms with van der Waals surface area (Å²) in [7, 11) is 0. The summed E-state index contributed by atoms with van der Waals surface area (Å²) in [6, 6.07) is 18.8. The van der Waals surface area contributed by atoms with Gasteiger partial charge in [-0.05, 0) is 29.8 Å². The maximum Gasteiger partial charge on any atom is 0.272 e. The summed E-state index contributed by atoms with van der Waals surface area (Å²) in [5.74, 6) is 0.0852. The van der Waals surface area contributed by atoms with Crippen molar-refractivity contribution in [3.05, 3.63) is 77.3 Å². The summed E-state index contributed by atoms with van der Waals surface area (Å²) >= 11 is 0. The number of alkyl halides is 2. The van der Waals surface area contributed by atoms with E-state index >= 15 is 0 Å². The van der Waals surface area contributed by atoms with Crippen molar-refractivity contribution in [2.45, 2.75) is 6.43 Å². The van der Waals surface area contributed by atoms with Crippen LogP contribution in [0.25, 0.3) is 54.8 Å². The molecule has 0 fully saturated rings. The van der Waals surface area contributed by atoms with Crippen molar-refractivity contribution in [3.63, 3.8) is 0 Å². The maximum absolute atomic E-state index is 12.8. The first-order valence-corrected chi connectivity index (χ1v) is 9.79. The van der Waals surface area contributed by atoms with Crippen LogP contribution in [0, 0.1) is 0 Å². The number of fused-ring (bicyclic) bond motifs is 2. The lowest BCUT2D eigenvalue weighted by molar-refractivity contribution is 0.0799. The molecule has 3 heterocycles. The summed E-state index contributed by atoms with van der Waals surface area (Å²) in [6.45, 7) is -0.768. The molecule has 0 bridgehead atoms. The van der Waals surface area contributed by atoms with Gasteiger partial charge in [-0.15, -0.1) is 0 Å². The summed E-state index contributed by atoms with van der Waals surface area (Å²) in [5.41, 5.74) is 13.6. The number of nitrogens with zero attached hydrogens (tertiary/aromatic N) is 4. The molecule has 0 radical (unpaired) electrons. The molecule has 0 atom stereocenters. The molecule has 0 aliphatic rings. The van der Waals surface area contributed by atoms with Gasteiger partial charge in [0.05, 0.1) is 22.6 Å². The first-order chi connectivity index (χ1) is 15.6. The zero-order valence-electron chi connectivity index (χ0n) is 16.6. The predicted molar refractivity (Wildman–Crippen MR) is 119 cm³/mol. The molecule has 2 N–H and O–H groups in total. The van der Waals surface area contributed by atoms with E-state index in [1.807, 2.05) is 54.6 Å². The van der Waals surface area contributed by atoms with E-state index in [1.54, 1.807) is 6.07 Å². The molecular weight excluding hydrogens is 414 g/mol. The lowest BCUT2D eigenvalue weighted by atomic mass is 10.1. The molecule has 3 aromatic heterocycles. The number of hydrogen-bond donors (Lipinski definition) is 2. The number of aromatic nitrogens is 3. The SMILES string of the molecule is [N-]=[N+]=Nc1c(-c2cnc(OCC(F)F)c(-c3cc4ccccc4[nH]3)c2)[nH]c2ccccc12. The second-order valence-corrected chi connectivity index (χ2v) is 7.13. The van der Waals surface area contributed by atoms with Crippen LogP contribution < -0.4 is 4.74 Å². The molecule has 0 amide bonds. The minimum atomic E-state index is -2.63. The average Bonchev–Trinajstić information content (AvgIpc) is 3.40. The molecule has 158 valence electrons. The Labute approximate surface area is 180 Å². The van der Waals surface area contributed by atoms with Gasteiger partial charge in [-0.1, -0.05) is 41.5 Å². The quantitative estimate of drug-likeness (QED) is 0.173. The van der Waals surface area contributed by atoms with E-state index < -0.39 is 13.0 Å². The highest BCUT2D eigenvalue weighted by Gasteiger charge is 2.18. The number of para-hydroxylation sites is 2. The van der Waals surface area contributed by atoms with Gasteiger partial charge in [-0.3, -0.25) is 0 Å². The van der Waals surface area contributed by atoms with Crippen LogP contribution in [0.5, 0.6) is 5.88 Å². The van der Waals surface area contributed by atoms with Crippen LogP contribution in [-0.4, -0.2) is 28.0 Å². The van der Waals surface area contributed by atoms with Crippen LogP contribution >= 0.6 is 0 Å². The molecular formula is C23H16F2N6O. The second-order valence-electron chi connectivity index (χ2n) is 7.13. The minimum Gasteiger partial charge on any atom is -0.471 e. The topological polar surface area (TPSA) is 102 Å². The molecule has 0 unspecified atom stereocenters. The molecule has 0 spiro atoms. The van der Waals surface area contributed by atoms with Crippen molar-refractivity contribution in [3.8, 4) is 28.4 Å². The molecule has 2 aromatic carbocycles. The Hall–Kier alpha value is -4.36. The number of H-pyrrole nitrogens is 2. The highest BCUT2D eigenvalue weighted by atomic mass is 19.3. The van der Waals surface area contributed by atoms with Gasteiger partial charge >= 0.3 is 0 Å². The molecule has 0 aliphatic carbocycles. The monoisotopic (exact) mass is 430 g/mol. The van der Waals surface area contributed by atoms with E-state index in [1.165, 1.54) is 6.20 Å². The number of halogens is 2. The van der Waals surface area contributed by atoms with Crippen LogP contribution in [0.3, 0.4) is 0 Å². The zero-order valence-corrected chi connectivity index (χ0v) is 16.6. The first-order valence-electron chi connectivity index (χ1n) is 9.79. The van der Waals surface area contributed by atoms with E-state index in [2.05, 4.69) is 25.0 Å². The lowest BCUT2D eigenvalue weighted by Crippen LogP contribution is -2.09. The van der Waals surface area contributed by atoms with Gasteiger partial charge in [-0.25, -0.2) is 13.8 Å². The van der Waals surface area contributed by atoms with E-state index in [0.717, 1.165) is 21.8 Å². The molecule has 5 aromatic rings. The van der Waals surface area contributed by atoms with E-state index in [0.29, 0.717) is 28.2 Å². The maximum atomic E-state index is 12.8. The van der Waals surface area contributed by atoms with Crippen molar-refractivity contribution in [2.24, 2.45) is 5.11 Å². The summed E-state index contributed by atoms with van der Waals surface area (Å²) in [4.78, 5) is 13.8. The smallest absolute Gasteiger partial charge is 0.272 e. The van der Waals surface area contributed by atoms with Gasteiger partial charge in [0.25, 0.3) is 6.43 Å². The largest absolute Gasteiger partial charge is 0.471 e. The van der Waals surface area contributed by atoms with Gasteiger partial charge < -0.3 is 14.7 Å². The fourth-order valence-corrected chi connectivity index (χ4v) is 3.74. The number of rotatable bonds is 6. The highest BCUT2D eigenvalue weighted by Crippen LogP contribution is 2.40. The molecule has 0 aliphatic heterocycles. The number of ether oxygens (including phenoxy) is 1. The Balaban J connectivity index is 1.70. The molecule has 7 nitrogen and oxygen atoms in total. The van der Waals surface area contributed by atoms with Crippen LogP contribution in [0.4, 0.5) is 14.5 Å². The standard InChI is InChI=1S/C23H16F2N6O/c24-20(25)12-32-23-16(19-10-13-5-1-3-7-17(13)28-19)9-14(11-27-23)21-22(30-31-26)15-6-2-4-8-18(15)29-21/h1-11,20,28-29H,12H2. The van der Waals surface area contributed by atoms with Crippen molar-refractivity contribution >= 4 is 27.5 Å². The number of aromatic amines is 2. The van der Waals surface area contributed by atoms with Gasteiger partial charge in [-0.2, -0.15) is 0 Å². The summed E-state index contributed by atoms with van der Waals surface area (Å²) in [6.07, 6.45) is -1.12. The zero-order chi connectivity index (χ0) is 22.1. The molecule has 32 heavy (non-hydrogen) atoms. The first kappa shape index (κ1) is 19.6. The fraction of sp³-hybridized carbons (Fsp3) is 0.0870. The van der Waals surface area contributed by atoms with Crippen molar-refractivity contribution in [2.75, 3.05) is 6.61 Å². The van der Waals surface area contributed by atoms with Crippen LogP contribution in [0.15, 0.2) is 72.0 Å². The van der Waals surface area contributed by atoms with Crippen molar-refractivity contribution in [1.29, 1.82) is 0 Å². The fourth-order valence-electron chi connectivity index (χ4n) is 3.74. The Morgan fingerprint density at radius 1 is 1.03 bits per heavy atom. The Kier molecular flexibility index (Phi) is 4.93. The number of hydrogen-bond acceptors (Lipinski definition) is 3. The second kappa shape index (κ2) is 8.05. The van der Waals surface area contributed by atoms with E-state index in [4.69, 9.17) is 10.3 Å². The predicted octanol–water partition coefficient (Wildman–Crippen LogP) is 6.96. The number of nitrogens with one attached hydrogen (secondary N) is 2. The van der Waals surface area contributed by atoms with Crippen molar-refractivity contribution < 1.29 is 13.5 Å². The Morgan fingerprint density at radius 3 is 2.59 bits per heavy atom. The minimum absolute atomic E-state index is 0.0852. The van der Waals surface area contributed by atoms with Gasteiger partial charge in [0.15, 0.2) is 6.61 Å². The Morgan fingerprint density at radius 2 is 1.81 bits per heavy atom. The van der Waals surface area contributed by atoms with Gasteiger partial charge in [0.2, 0.25) is 5.88 Å². The Bertz CT molecular complexity index is 1450. The summed E-state index contributed by atoms with van der Waals surface area (Å²) < 4.78 is 30.9. The molecule has 0 saturated heterocycles. The van der Waals surface area contributed by atoms with E-state index in [9.17, 15) is 8.78 Å². The molecule has 0 saturated carbocycles. The third kappa shape index (κ3) is 3.51. The average molecular weight is 430 g/mol. The van der Waals surface area contributed by atoms with Crippen LogP contribution in [0.1, 0.15) is 0 Å². The molecule has 9 heteroatoms. The van der Waals surface area contributed by atoms with Crippen molar-refractivity contribution in [1.82, 2.24) is 15.0 Å². The van der Waals surface area contributed by atoms with Gasteiger partial charge in [0.1, 0.15) is 0 Å². The number of pyridine rings is 1. The lowest BCUT2D eigenvalue weighted by Gasteiger charge is -2.11. The van der Waals surface area contributed by atoms with Gasteiger partial charge in [0, 0.05) is 38.5 Å². The number of azide groups is 1. The number of benzene rings is 2. The molecule has 5 rings (SSSR count). The highest BCUT2D eigenvalue weighted by molar-refractivity contribution is 6.00. The normalized spacial score (nSPS) is 11.2. The third-order valence-corrected chi connectivity index (χ3v) is 5.13. The third-order valence-electron chi connectivity index (χ3n) is 5.13. The summed E-state index contributed by atoms with van der Waals surface area (Å²) in [5, 5.41) is 5.61. The van der Waals surface area contributed by atoms with Crippen LogP contribution in [-0.2, 0) is 0 Å².